The molecule has 0 aromatic rings. The molecule has 0 atom stereocenters. The molecule has 0 unspecified atom stereocenters. The Bertz CT molecular complexity index is 140. The minimum atomic E-state index is -0.414. The van der Waals surface area contributed by atoms with E-state index in [1.54, 1.807) is 32.0 Å². The monoisotopic (exact) mass is 147 g/mol. The summed E-state index contributed by atoms with van der Waals surface area (Å²) in [5, 5.41) is -0.414. The van der Waals surface area contributed by atoms with Crippen molar-refractivity contribution in [1.82, 2.24) is 4.90 Å². The number of allylic oxidation sites excluding steroid dienone is 2. The Morgan fingerprint density at radius 1 is 1.56 bits per heavy atom. The van der Waals surface area contributed by atoms with Gasteiger partial charge in [-0.15, -0.1) is 0 Å². The molecule has 0 bridgehead atoms. The fourth-order valence-electron chi connectivity index (χ4n) is 0.547. The highest BCUT2D eigenvalue weighted by Crippen LogP contribution is 2.01. The summed E-state index contributed by atoms with van der Waals surface area (Å²) in [6.45, 7) is 1.77. The van der Waals surface area contributed by atoms with Gasteiger partial charge in [-0.05, 0) is 18.5 Å². The summed E-state index contributed by atoms with van der Waals surface area (Å²) in [6, 6.07) is 0. The van der Waals surface area contributed by atoms with Gasteiger partial charge in [-0.3, -0.25) is 4.79 Å². The second kappa shape index (κ2) is 3.51. The van der Waals surface area contributed by atoms with Crippen molar-refractivity contribution in [2.24, 2.45) is 0 Å². The van der Waals surface area contributed by atoms with Crippen LogP contribution < -0.4 is 0 Å². The lowest BCUT2D eigenvalue weighted by atomic mass is 10.4. The van der Waals surface area contributed by atoms with Gasteiger partial charge >= 0.3 is 0 Å². The molecule has 2 nitrogen and oxygen atoms in total. The lowest BCUT2D eigenvalue weighted by molar-refractivity contribution is -0.109. The number of carbonyl (C=O) groups excluding carboxylic acids is 1. The summed E-state index contributed by atoms with van der Waals surface area (Å²) in [4.78, 5) is 12.1. The SMILES string of the molecule is C/C=C(/C(=O)Cl)N(C)C. The predicted octanol–water partition coefficient (Wildman–Crippen LogP) is 1.22. The molecule has 0 amide bonds. The van der Waals surface area contributed by atoms with Gasteiger partial charge in [0, 0.05) is 14.1 Å². The molecule has 0 spiro atoms. The molecule has 0 fully saturated rings. The van der Waals surface area contributed by atoms with Crippen molar-refractivity contribution in [3.8, 4) is 0 Å². The zero-order valence-corrected chi connectivity index (χ0v) is 6.57. The van der Waals surface area contributed by atoms with Crippen molar-refractivity contribution in [2.75, 3.05) is 14.1 Å². The first-order chi connectivity index (χ1) is 4.09. The van der Waals surface area contributed by atoms with Crippen LogP contribution in [0.5, 0.6) is 0 Å². The van der Waals surface area contributed by atoms with Crippen LogP contribution in [0.1, 0.15) is 6.92 Å². The first-order valence-electron chi connectivity index (χ1n) is 2.63. The second-order valence-corrected chi connectivity index (χ2v) is 2.19. The zero-order valence-electron chi connectivity index (χ0n) is 5.81. The number of halogens is 1. The number of nitrogens with zero attached hydrogens (tertiary/aromatic N) is 1. The van der Waals surface area contributed by atoms with Crippen LogP contribution in [0, 0.1) is 0 Å². The topological polar surface area (TPSA) is 20.3 Å². The Hall–Kier alpha value is -0.500. The maximum absolute atomic E-state index is 10.5. The van der Waals surface area contributed by atoms with Gasteiger partial charge in [0.25, 0.3) is 5.24 Å². The Kier molecular flexibility index (Phi) is 3.32. The quantitative estimate of drug-likeness (QED) is 0.433. The van der Waals surface area contributed by atoms with Gasteiger partial charge < -0.3 is 4.90 Å². The highest BCUT2D eigenvalue weighted by molar-refractivity contribution is 6.67. The van der Waals surface area contributed by atoms with Crippen molar-refractivity contribution in [2.45, 2.75) is 6.92 Å². The fraction of sp³-hybridized carbons (Fsp3) is 0.500. The van der Waals surface area contributed by atoms with Crippen molar-refractivity contribution in [3.63, 3.8) is 0 Å². The third-order valence-corrected chi connectivity index (χ3v) is 1.15. The lowest BCUT2D eigenvalue weighted by Crippen LogP contribution is -2.15. The molecule has 9 heavy (non-hydrogen) atoms. The second-order valence-electron chi connectivity index (χ2n) is 1.84. The average molecular weight is 148 g/mol. The van der Waals surface area contributed by atoms with Crippen molar-refractivity contribution >= 4 is 16.8 Å². The van der Waals surface area contributed by atoms with Crippen LogP contribution >= 0.6 is 11.6 Å². The third kappa shape index (κ3) is 2.51. The minimum Gasteiger partial charge on any atom is -0.374 e. The third-order valence-electron chi connectivity index (χ3n) is 0.957. The summed E-state index contributed by atoms with van der Waals surface area (Å²) in [5.74, 6) is 0. The molecule has 0 saturated heterocycles. The summed E-state index contributed by atoms with van der Waals surface area (Å²) < 4.78 is 0. The molecule has 0 aliphatic heterocycles. The van der Waals surface area contributed by atoms with E-state index >= 15 is 0 Å². The van der Waals surface area contributed by atoms with Crippen LogP contribution in [0.4, 0.5) is 0 Å². The van der Waals surface area contributed by atoms with Crippen LogP contribution in [0.3, 0.4) is 0 Å². The molecule has 3 heteroatoms. The zero-order chi connectivity index (χ0) is 7.44. The normalized spacial score (nSPS) is 11.3. The fourth-order valence-corrected chi connectivity index (χ4v) is 0.826. The Morgan fingerprint density at radius 2 is 2.00 bits per heavy atom. The molecule has 0 heterocycles. The number of likely N-dealkylation sites (N-methyl/N-ethyl adjacent to an activating group) is 1. The molecule has 0 N–H and O–H groups in total. The van der Waals surface area contributed by atoms with Crippen molar-refractivity contribution in [1.29, 1.82) is 0 Å². The smallest absolute Gasteiger partial charge is 0.268 e. The molecule has 0 aromatic carbocycles. The molecule has 0 radical (unpaired) electrons. The molecule has 0 saturated carbocycles. The highest BCUT2D eigenvalue weighted by atomic mass is 35.5. The van der Waals surface area contributed by atoms with E-state index in [4.69, 9.17) is 11.6 Å². The minimum absolute atomic E-state index is 0.414. The first-order valence-corrected chi connectivity index (χ1v) is 3.01. The van der Waals surface area contributed by atoms with E-state index in [0.29, 0.717) is 5.70 Å². The Morgan fingerprint density at radius 3 is 2.00 bits per heavy atom. The van der Waals surface area contributed by atoms with E-state index in [-0.39, 0.29) is 0 Å². The van der Waals surface area contributed by atoms with Crippen LogP contribution in [0.15, 0.2) is 11.8 Å². The summed E-state index contributed by atoms with van der Waals surface area (Å²) >= 11 is 5.19. The predicted molar refractivity (Wildman–Crippen MR) is 38.3 cm³/mol. The molecule has 0 aromatic heterocycles. The van der Waals surface area contributed by atoms with E-state index in [9.17, 15) is 4.79 Å². The number of hydrogen-bond acceptors (Lipinski definition) is 2. The average Bonchev–Trinajstić information content (AvgIpc) is 1.64. The number of rotatable bonds is 2. The lowest BCUT2D eigenvalue weighted by Gasteiger charge is -2.11. The Balaban J connectivity index is 4.19. The van der Waals surface area contributed by atoms with Gasteiger partial charge in [-0.1, -0.05) is 6.08 Å². The molecule has 0 aliphatic rings. The van der Waals surface area contributed by atoms with Gasteiger partial charge in [-0.2, -0.15) is 0 Å². The Labute approximate surface area is 60.1 Å². The molecule has 52 valence electrons. The largest absolute Gasteiger partial charge is 0.374 e. The van der Waals surface area contributed by atoms with Crippen molar-refractivity contribution in [3.05, 3.63) is 11.8 Å². The van der Waals surface area contributed by atoms with Gasteiger partial charge in [0.1, 0.15) is 0 Å². The van der Waals surface area contributed by atoms with E-state index in [2.05, 4.69) is 0 Å². The summed E-state index contributed by atoms with van der Waals surface area (Å²) in [6.07, 6.45) is 1.68. The van der Waals surface area contributed by atoms with Crippen molar-refractivity contribution < 1.29 is 4.79 Å². The highest BCUT2D eigenvalue weighted by Gasteiger charge is 2.04. The number of carbonyl (C=O) groups is 1. The maximum atomic E-state index is 10.5. The summed E-state index contributed by atoms with van der Waals surface area (Å²) in [5.41, 5.74) is 0.525. The van der Waals surface area contributed by atoms with Crippen LogP contribution in [-0.4, -0.2) is 24.2 Å². The van der Waals surface area contributed by atoms with E-state index in [1.165, 1.54) is 0 Å². The van der Waals surface area contributed by atoms with Crippen LogP contribution in [-0.2, 0) is 4.79 Å². The molecular formula is C6H10ClNO. The first kappa shape index (κ1) is 8.50. The van der Waals surface area contributed by atoms with Crippen LogP contribution in [0.25, 0.3) is 0 Å². The van der Waals surface area contributed by atoms with Gasteiger partial charge in [0.2, 0.25) is 0 Å². The summed E-state index contributed by atoms with van der Waals surface area (Å²) in [7, 11) is 3.55. The molecule has 0 rings (SSSR count). The van der Waals surface area contributed by atoms with E-state index in [1.807, 2.05) is 0 Å². The maximum Gasteiger partial charge on any atom is 0.268 e. The van der Waals surface area contributed by atoms with Crippen LogP contribution in [0.2, 0.25) is 0 Å². The van der Waals surface area contributed by atoms with Gasteiger partial charge in [-0.25, -0.2) is 0 Å². The number of hydrogen-bond donors (Lipinski definition) is 0. The standard InChI is InChI=1S/C6H10ClNO/c1-4-5(6(7)9)8(2)3/h4H,1-3H3/b5-4-. The van der Waals surface area contributed by atoms with Gasteiger partial charge in [0.15, 0.2) is 0 Å². The van der Waals surface area contributed by atoms with E-state index in [0.717, 1.165) is 0 Å². The molecular weight excluding hydrogens is 138 g/mol. The van der Waals surface area contributed by atoms with E-state index < -0.39 is 5.24 Å². The van der Waals surface area contributed by atoms with Gasteiger partial charge in [0.05, 0.1) is 5.70 Å². The molecule has 0 aliphatic carbocycles.